The lowest BCUT2D eigenvalue weighted by Gasteiger charge is -2.26. The van der Waals surface area contributed by atoms with Gasteiger partial charge in [-0.05, 0) is 12.1 Å². The van der Waals surface area contributed by atoms with E-state index in [0.717, 1.165) is 11.6 Å². The molecular weight excluding hydrogens is 479 g/mol. The number of hydrogen-bond acceptors (Lipinski definition) is 7. The predicted molar refractivity (Wildman–Crippen MR) is 117 cm³/mol. The fourth-order valence-electron chi connectivity index (χ4n) is 3.13. The van der Waals surface area contributed by atoms with Crippen molar-refractivity contribution in [1.82, 2.24) is 9.29 Å². The highest BCUT2D eigenvalue weighted by Crippen LogP contribution is 2.31. The highest BCUT2D eigenvalue weighted by molar-refractivity contribution is 7.89. The molecule has 0 spiro atoms. The first-order chi connectivity index (χ1) is 15.4. The van der Waals surface area contributed by atoms with Gasteiger partial charge >= 0.3 is 5.97 Å². The van der Waals surface area contributed by atoms with E-state index in [-0.39, 0.29) is 59.3 Å². The van der Waals surface area contributed by atoms with Gasteiger partial charge in [-0.15, -0.1) is 0 Å². The summed E-state index contributed by atoms with van der Waals surface area (Å²) < 4.78 is 43.3. The highest BCUT2D eigenvalue weighted by atomic mass is 35.5. The summed E-state index contributed by atoms with van der Waals surface area (Å²) in [5.74, 6) is -0.118. The van der Waals surface area contributed by atoms with E-state index in [1.807, 2.05) is 30.3 Å². The van der Waals surface area contributed by atoms with Crippen LogP contribution in [0.25, 0.3) is 11.3 Å². The first kappa shape index (κ1) is 22.8. The van der Waals surface area contributed by atoms with Crippen LogP contribution in [0.3, 0.4) is 0 Å². The molecule has 3 aromatic rings. The Bertz CT molecular complexity index is 1220. The van der Waals surface area contributed by atoms with Crippen molar-refractivity contribution in [2.24, 2.45) is 0 Å². The zero-order valence-corrected chi connectivity index (χ0v) is 19.0. The molecule has 1 aromatic heterocycles. The Balaban J connectivity index is 1.51. The number of benzene rings is 2. The molecule has 4 rings (SSSR count). The predicted octanol–water partition coefficient (Wildman–Crippen LogP) is 4.03. The van der Waals surface area contributed by atoms with E-state index in [2.05, 4.69) is 4.98 Å². The second kappa shape index (κ2) is 9.60. The summed E-state index contributed by atoms with van der Waals surface area (Å²) >= 11 is 12.3. The lowest BCUT2D eigenvalue weighted by atomic mass is 10.2. The van der Waals surface area contributed by atoms with Gasteiger partial charge in [-0.2, -0.15) is 4.31 Å². The van der Waals surface area contributed by atoms with E-state index in [1.165, 1.54) is 16.6 Å². The zero-order chi connectivity index (χ0) is 22.7. The van der Waals surface area contributed by atoms with E-state index >= 15 is 0 Å². The minimum absolute atomic E-state index is 0.0293. The SMILES string of the molecule is O=C(OCc1ncc(-c2ccccc2)o1)c1cc(S(=O)(=O)N2CCOCC2)c(Cl)cc1Cl. The number of carbonyl (C=O) groups is 1. The lowest BCUT2D eigenvalue weighted by Crippen LogP contribution is -2.40. The maximum atomic E-state index is 13.0. The number of oxazole rings is 1. The maximum absolute atomic E-state index is 13.0. The lowest BCUT2D eigenvalue weighted by molar-refractivity contribution is 0.0439. The number of sulfonamides is 1. The van der Waals surface area contributed by atoms with Crippen LogP contribution >= 0.6 is 23.2 Å². The molecule has 1 fully saturated rings. The molecule has 2 heterocycles. The highest BCUT2D eigenvalue weighted by Gasteiger charge is 2.30. The van der Waals surface area contributed by atoms with Gasteiger partial charge in [0.15, 0.2) is 12.4 Å². The topological polar surface area (TPSA) is 98.9 Å². The molecule has 32 heavy (non-hydrogen) atoms. The van der Waals surface area contributed by atoms with E-state index in [4.69, 9.17) is 37.1 Å². The van der Waals surface area contributed by atoms with Crippen LogP contribution in [-0.2, 0) is 26.1 Å². The molecule has 168 valence electrons. The Hall–Kier alpha value is -2.43. The molecule has 2 aromatic carbocycles. The molecule has 11 heteroatoms. The average molecular weight is 497 g/mol. The van der Waals surface area contributed by atoms with Crippen LogP contribution in [0.15, 0.2) is 58.0 Å². The molecule has 0 bridgehead atoms. The quantitative estimate of drug-likeness (QED) is 0.475. The number of morpholine rings is 1. The van der Waals surface area contributed by atoms with E-state index in [0.29, 0.717) is 5.76 Å². The third-order valence-electron chi connectivity index (χ3n) is 4.77. The third-order valence-corrected chi connectivity index (χ3v) is 7.44. The van der Waals surface area contributed by atoms with Crippen LogP contribution in [0.4, 0.5) is 0 Å². The number of hydrogen-bond donors (Lipinski definition) is 0. The van der Waals surface area contributed by atoms with Gasteiger partial charge in [-0.25, -0.2) is 18.2 Å². The van der Waals surface area contributed by atoms with Crippen LogP contribution in [-0.4, -0.2) is 50.0 Å². The molecule has 0 unspecified atom stereocenters. The normalized spacial score (nSPS) is 14.9. The van der Waals surface area contributed by atoms with Gasteiger partial charge in [0.2, 0.25) is 15.9 Å². The molecule has 8 nitrogen and oxygen atoms in total. The van der Waals surface area contributed by atoms with Crippen molar-refractivity contribution in [3.63, 3.8) is 0 Å². The van der Waals surface area contributed by atoms with Crippen molar-refractivity contribution in [3.05, 3.63) is 70.2 Å². The standard InChI is InChI=1S/C21H18Cl2N2O6S/c22-16-11-17(23)19(32(27,28)25-6-8-29-9-7-25)10-15(16)21(26)30-13-20-24-12-18(31-20)14-4-2-1-3-5-14/h1-5,10-12H,6-9,13H2. The molecule has 1 aliphatic rings. The second-order valence-corrected chi connectivity index (χ2v) is 9.56. The van der Waals surface area contributed by atoms with Gasteiger partial charge in [0.25, 0.3) is 0 Å². The van der Waals surface area contributed by atoms with Crippen LogP contribution in [0, 0.1) is 0 Å². The number of aromatic nitrogens is 1. The molecule has 0 N–H and O–H groups in total. The minimum atomic E-state index is -3.94. The van der Waals surface area contributed by atoms with Crippen molar-refractivity contribution >= 4 is 39.2 Å². The van der Waals surface area contributed by atoms with Crippen LogP contribution in [0.2, 0.25) is 10.0 Å². The van der Waals surface area contributed by atoms with Crippen molar-refractivity contribution in [2.45, 2.75) is 11.5 Å². The Labute approximate surface area is 194 Å². The van der Waals surface area contributed by atoms with Gasteiger partial charge in [-0.1, -0.05) is 53.5 Å². The fourth-order valence-corrected chi connectivity index (χ4v) is 5.36. The molecule has 0 amide bonds. The Kier molecular flexibility index (Phi) is 6.82. The first-order valence-corrected chi connectivity index (χ1v) is 11.8. The summed E-state index contributed by atoms with van der Waals surface area (Å²) in [7, 11) is -3.94. The monoisotopic (exact) mass is 496 g/mol. The van der Waals surface area contributed by atoms with Crippen LogP contribution in [0.5, 0.6) is 0 Å². The summed E-state index contributed by atoms with van der Waals surface area (Å²) in [6.07, 6.45) is 1.53. The van der Waals surface area contributed by atoms with Gasteiger partial charge < -0.3 is 13.9 Å². The Morgan fingerprint density at radius 2 is 1.81 bits per heavy atom. The molecule has 1 saturated heterocycles. The number of ether oxygens (including phenoxy) is 2. The van der Waals surface area contributed by atoms with Crippen LogP contribution in [0.1, 0.15) is 16.2 Å². The third kappa shape index (κ3) is 4.82. The van der Waals surface area contributed by atoms with E-state index in [9.17, 15) is 13.2 Å². The van der Waals surface area contributed by atoms with Gasteiger partial charge in [-0.3, -0.25) is 0 Å². The Morgan fingerprint density at radius 1 is 1.09 bits per heavy atom. The number of halogens is 2. The van der Waals surface area contributed by atoms with Crippen molar-refractivity contribution < 1.29 is 27.1 Å². The van der Waals surface area contributed by atoms with E-state index in [1.54, 1.807) is 0 Å². The summed E-state index contributed by atoms with van der Waals surface area (Å²) in [4.78, 5) is 16.5. The first-order valence-electron chi connectivity index (χ1n) is 9.60. The van der Waals surface area contributed by atoms with Crippen molar-refractivity contribution in [2.75, 3.05) is 26.3 Å². The molecular formula is C21H18Cl2N2O6S. The number of carbonyl (C=O) groups excluding carboxylic acids is 1. The van der Waals surface area contributed by atoms with Crippen LogP contribution < -0.4 is 0 Å². The molecule has 0 radical (unpaired) electrons. The molecule has 0 saturated carbocycles. The van der Waals surface area contributed by atoms with Gasteiger partial charge in [0.1, 0.15) is 4.90 Å². The number of nitrogens with zero attached hydrogens (tertiary/aromatic N) is 2. The molecule has 0 aliphatic carbocycles. The smallest absolute Gasteiger partial charge is 0.340 e. The minimum Gasteiger partial charge on any atom is -0.452 e. The number of rotatable bonds is 6. The largest absolute Gasteiger partial charge is 0.452 e. The maximum Gasteiger partial charge on any atom is 0.340 e. The zero-order valence-electron chi connectivity index (χ0n) is 16.7. The van der Waals surface area contributed by atoms with Crippen molar-refractivity contribution in [3.8, 4) is 11.3 Å². The van der Waals surface area contributed by atoms with Gasteiger partial charge in [0.05, 0.1) is 35.0 Å². The van der Waals surface area contributed by atoms with Gasteiger partial charge in [0, 0.05) is 18.7 Å². The number of esters is 1. The van der Waals surface area contributed by atoms with Crippen molar-refractivity contribution in [1.29, 1.82) is 0 Å². The average Bonchev–Trinajstić information content (AvgIpc) is 3.28. The summed E-state index contributed by atoms with van der Waals surface area (Å²) in [5.41, 5.74) is 0.703. The fraction of sp³-hybridized carbons (Fsp3) is 0.238. The summed E-state index contributed by atoms with van der Waals surface area (Å²) in [5, 5.41) is -0.114. The summed E-state index contributed by atoms with van der Waals surface area (Å²) in [6.45, 7) is 0.682. The van der Waals surface area contributed by atoms with E-state index < -0.39 is 16.0 Å². The molecule has 0 atom stereocenters. The Morgan fingerprint density at radius 3 is 2.53 bits per heavy atom. The molecule has 1 aliphatic heterocycles. The summed E-state index contributed by atoms with van der Waals surface area (Å²) in [6, 6.07) is 11.7. The second-order valence-electron chi connectivity index (χ2n) is 6.84.